The molecule has 1 aromatic heterocycles. The summed E-state index contributed by atoms with van der Waals surface area (Å²) >= 11 is 10.6. The number of hydrazone groups is 1. The summed E-state index contributed by atoms with van der Waals surface area (Å²) in [7, 11) is 1.87. The van der Waals surface area contributed by atoms with Gasteiger partial charge in [-0.15, -0.1) is 10.2 Å². The molecule has 1 heterocycles. The maximum atomic E-state index is 12.0. The van der Waals surface area contributed by atoms with Gasteiger partial charge < -0.3 is 4.57 Å². The second-order valence-electron chi connectivity index (χ2n) is 5.51. The molecule has 6 nitrogen and oxygen atoms in total. The first-order valence-corrected chi connectivity index (χ1v) is 10.0. The van der Waals surface area contributed by atoms with E-state index in [9.17, 15) is 4.79 Å². The molecule has 0 aliphatic heterocycles. The van der Waals surface area contributed by atoms with Crippen molar-refractivity contribution in [2.24, 2.45) is 12.1 Å². The molecule has 2 aromatic carbocycles. The van der Waals surface area contributed by atoms with Gasteiger partial charge in [-0.2, -0.15) is 5.10 Å². The van der Waals surface area contributed by atoms with Crippen LogP contribution in [-0.2, 0) is 11.8 Å². The number of hydrogen-bond acceptors (Lipinski definition) is 5. The number of carbonyl (C=O) groups excluding carboxylic acids is 1. The van der Waals surface area contributed by atoms with Gasteiger partial charge in [0, 0.05) is 22.1 Å². The van der Waals surface area contributed by atoms with E-state index in [4.69, 9.17) is 11.6 Å². The predicted molar refractivity (Wildman–Crippen MR) is 112 cm³/mol. The minimum Gasteiger partial charge on any atom is -0.305 e. The highest BCUT2D eigenvalue weighted by Gasteiger charge is 2.12. The first kappa shape index (κ1) is 19.6. The fourth-order valence-electron chi connectivity index (χ4n) is 2.22. The van der Waals surface area contributed by atoms with Crippen molar-refractivity contribution < 1.29 is 4.79 Å². The molecule has 0 fully saturated rings. The van der Waals surface area contributed by atoms with Crippen molar-refractivity contribution in [3.63, 3.8) is 0 Å². The quantitative estimate of drug-likeness (QED) is 0.338. The summed E-state index contributed by atoms with van der Waals surface area (Å²) in [5, 5.41) is 13.6. The van der Waals surface area contributed by atoms with Gasteiger partial charge in [-0.05, 0) is 29.8 Å². The lowest BCUT2D eigenvalue weighted by Gasteiger charge is -2.04. The summed E-state index contributed by atoms with van der Waals surface area (Å²) in [5.74, 6) is 0.690. The minimum absolute atomic E-state index is 0.180. The number of thioether (sulfide) groups is 1. The molecule has 1 amide bonds. The number of hydrogen-bond donors (Lipinski definition) is 1. The normalized spacial score (nSPS) is 11.1. The largest absolute Gasteiger partial charge is 0.305 e. The molecule has 3 rings (SSSR count). The number of benzene rings is 2. The van der Waals surface area contributed by atoms with Crippen LogP contribution < -0.4 is 5.43 Å². The molecular formula is C18H15BrClN5OS. The zero-order valence-electron chi connectivity index (χ0n) is 14.3. The Kier molecular flexibility index (Phi) is 6.65. The molecule has 27 heavy (non-hydrogen) atoms. The molecule has 0 bridgehead atoms. The van der Waals surface area contributed by atoms with Gasteiger partial charge in [0.15, 0.2) is 11.0 Å². The molecule has 1 N–H and O–H groups in total. The van der Waals surface area contributed by atoms with Gasteiger partial charge in [0.25, 0.3) is 5.91 Å². The molecule has 0 atom stereocenters. The van der Waals surface area contributed by atoms with E-state index < -0.39 is 0 Å². The van der Waals surface area contributed by atoms with Gasteiger partial charge in [-0.25, -0.2) is 5.43 Å². The maximum absolute atomic E-state index is 12.0. The second kappa shape index (κ2) is 9.16. The Labute approximate surface area is 174 Å². The molecule has 138 valence electrons. The van der Waals surface area contributed by atoms with Crippen LogP contribution in [0.3, 0.4) is 0 Å². The fourth-order valence-corrected chi connectivity index (χ4v) is 3.39. The van der Waals surface area contributed by atoms with E-state index in [1.54, 1.807) is 18.3 Å². The first-order valence-electron chi connectivity index (χ1n) is 7.88. The Morgan fingerprint density at radius 3 is 2.81 bits per heavy atom. The van der Waals surface area contributed by atoms with Crippen LogP contribution >= 0.6 is 39.3 Å². The molecule has 3 aromatic rings. The van der Waals surface area contributed by atoms with Gasteiger partial charge in [0.1, 0.15) is 0 Å². The van der Waals surface area contributed by atoms with Crippen molar-refractivity contribution in [2.75, 3.05) is 5.75 Å². The van der Waals surface area contributed by atoms with E-state index in [1.807, 2.05) is 48.0 Å². The van der Waals surface area contributed by atoms with Crippen LogP contribution in [0.2, 0.25) is 5.02 Å². The molecule has 0 aliphatic rings. The van der Waals surface area contributed by atoms with Crippen molar-refractivity contribution in [1.82, 2.24) is 20.2 Å². The summed E-state index contributed by atoms with van der Waals surface area (Å²) in [5.41, 5.74) is 4.25. The lowest BCUT2D eigenvalue weighted by molar-refractivity contribution is -0.118. The zero-order valence-corrected chi connectivity index (χ0v) is 17.4. The molecule has 0 saturated carbocycles. The van der Waals surface area contributed by atoms with Crippen molar-refractivity contribution in [3.8, 4) is 11.4 Å². The van der Waals surface area contributed by atoms with Crippen LogP contribution in [-0.4, -0.2) is 32.6 Å². The van der Waals surface area contributed by atoms with E-state index in [2.05, 4.69) is 36.7 Å². The highest BCUT2D eigenvalue weighted by Crippen LogP contribution is 2.23. The van der Waals surface area contributed by atoms with Crippen LogP contribution in [0.5, 0.6) is 0 Å². The van der Waals surface area contributed by atoms with Gasteiger partial charge >= 0.3 is 0 Å². The third-order valence-electron chi connectivity index (χ3n) is 3.52. The van der Waals surface area contributed by atoms with E-state index in [1.165, 1.54) is 11.8 Å². The minimum atomic E-state index is -0.230. The van der Waals surface area contributed by atoms with Crippen molar-refractivity contribution in [1.29, 1.82) is 0 Å². The third kappa shape index (κ3) is 5.41. The maximum Gasteiger partial charge on any atom is 0.250 e. The lowest BCUT2D eigenvalue weighted by Crippen LogP contribution is -2.19. The average molecular weight is 465 g/mol. The van der Waals surface area contributed by atoms with Crippen LogP contribution in [0.25, 0.3) is 11.4 Å². The third-order valence-corrected chi connectivity index (χ3v) is 5.31. The van der Waals surface area contributed by atoms with Crippen LogP contribution in [0.4, 0.5) is 0 Å². The van der Waals surface area contributed by atoms with Gasteiger partial charge in [0.05, 0.1) is 12.0 Å². The lowest BCUT2D eigenvalue weighted by atomic mass is 10.2. The Morgan fingerprint density at radius 1 is 1.30 bits per heavy atom. The molecular weight excluding hydrogens is 450 g/mol. The fraction of sp³-hybridized carbons (Fsp3) is 0.111. The van der Waals surface area contributed by atoms with E-state index >= 15 is 0 Å². The topological polar surface area (TPSA) is 72.2 Å². The number of carbonyl (C=O) groups is 1. The molecule has 0 aliphatic carbocycles. The number of rotatable bonds is 6. The highest BCUT2D eigenvalue weighted by atomic mass is 79.9. The zero-order chi connectivity index (χ0) is 19.2. The summed E-state index contributed by atoms with van der Waals surface area (Å²) < 4.78 is 2.86. The molecule has 0 spiro atoms. The first-order chi connectivity index (χ1) is 13.0. The van der Waals surface area contributed by atoms with Crippen molar-refractivity contribution in [2.45, 2.75) is 5.16 Å². The average Bonchev–Trinajstić information content (AvgIpc) is 3.01. The summed E-state index contributed by atoms with van der Waals surface area (Å²) in [6.45, 7) is 0. The standard InChI is InChI=1S/C18H15BrClN5OS/c1-25-17(13-5-7-14(19)8-6-13)23-24-18(25)27-11-16(26)22-21-10-12-3-2-4-15(20)9-12/h2-10H,11H2,1H3,(H,22,26)/b21-10+. The summed E-state index contributed by atoms with van der Waals surface area (Å²) in [4.78, 5) is 12.0. The van der Waals surface area contributed by atoms with Crippen LogP contribution in [0, 0.1) is 0 Å². The Morgan fingerprint density at radius 2 is 2.07 bits per heavy atom. The van der Waals surface area contributed by atoms with E-state index in [0.29, 0.717) is 10.2 Å². The number of amides is 1. The summed E-state index contributed by atoms with van der Waals surface area (Å²) in [6, 6.07) is 15.0. The van der Waals surface area contributed by atoms with Crippen molar-refractivity contribution >= 4 is 51.4 Å². The Bertz CT molecular complexity index is 974. The van der Waals surface area contributed by atoms with Crippen LogP contribution in [0.15, 0.2) is 63.3 Å². The Balaban J connectivity index is 1.55. The second-order valence-corrected chi connectivity index (χ2v) is 7.80. The van der Waals surface area contributed by atoms with Gasteiger partial charge in [0.2, 0.25) is 0 Å². The van der Waals surface area contributed by atoms with E-state index in [0.717, 1.165) is 21.4 Å². The number of halogens is 2. The number of nitrogens with zero attached hydrogens (tertiary/aromatic N) is 4. The molecule has 0 radical (unpaired) electrons. The predicted octanol–water partition coefficient (Wildman–Crippen LogP) is 4.14. The van der Waals surface area contributed by atoms with Crippen LogP contribution in [0.1, 0.15) is 5.56 Å². The smallest absolute Gasteiger partial charge is 0.250 e. The van der Waals surface area contributed by atoms with E-state index in [-0.39, 0.29) is 11.7 Å². The molecule has 0 saturated heterocycles. The summed E-state index contributed by atoms with van der Waals surface area (Å²) in [6.07, 6.45) is 1.54. The van der Waals surface area contributed by atoms with Gasteiger partial charge in [-0.1, -0.05) is 63.6 Å². The number of nitrogens with one attached hydrogen (secondary N) is 1. The molecule has 0 unspecified atom stereocenters. The monoisotopic (exact) mass is 463 g/mol. The van der Waals surface area contributed by atoms with Crippen molar-refractivity contribution in [3.05, 3.63) is 63.6 Å². The number of aromatic nitrogens is 3. The highest BCUT2D eigenvalue weighted by molar-refractivity contribution is 9.10. The SMILES string of the molecule is Cn1c(SCC(=O)N/N=C/c2cccc(Cl)c2)nnc1-c1ccc(Br)cc1. The molecule has 9 heteroatoms. The Hall–Kier alpha value is -2.16. The van der Waals surface area contributed by atoms with Gasteiger partial charge in [-0.3, -0.25) is 4.79 Å².